The first-order valence-electron chi connectivity index (χ1n) is 10.6. The molecule has 0 aliphatic rings. The van der Waals surface area contributed by atoms with E-state index < -0.39 is 0 Å². The summed E-state index contributed by atoms with van der Waals surface area (Å²) in [4.78, 5) is 28.3. The fourth-order valence-electron chi connectivity index (χ4n) is 2.54. The molecule has 0 aromatic carbocycles. The first-order chi connectivity index (χ1) is 13.5. The molecule has 0 fully saturated rings. The van der Waals surface area contributed by atoms with Crippen LogP contribution in [0.15, 0.2) is 4.99 Å². The fraction of sp³-hybridized carbons (Fsp3) is 0.818. The lowest BCUT2D eigenvalue weighted by molar-refractivity contribution is -0.153. The summed E-state index contributed by atoms with van der Waals surface area (Å²) in [5.41, 5.74) is 1.35. The van der Waals surface area contributed by atoms with Gasteiger partial charge in [-0.05, 0) is 60.3 Å². The van der Waals surface area contributed by atoms with E-state index in [-0.39, 0.29) is 49.3 Å². The molecule has 29 heavy (non-hydrogen) atoms. The van der Waals surface area contributed by atoms with Crippen LogP contribution in [0.5, 0.6) is 0 Å². The quantitative estimate of drug-likeness (QED) is 0.315. The summed E-state index contributed by atoms with van der Waals surface area (Å²) >= 11 is 0. The largest absolute Gasteiger partial charge is 0.463 e. The predicted molar refractivity (Wildman–Crippen MR) is 116 cm³/mol. The highest BCUT2D eigenvalue weighted by atomic mass is 16.6. The number of nitrogens with zero attached hydrogens (tertiary/aromatic N) is 1. The predicted octanol–water partition coefficient (Wildman–Crippen LogP) is 4.51. The maximum Gasteiger partial charge on any atom is 0.306 e. The minimum atomic E-state index is -0.342. The molecule has 0 aromatic heterocycles. The van der Waals surface area contributed by atoms with Crippen LogP contribution < -0.4 is 0 Å². The fourth-order valence-corrected chi connectivity index (χ4v) is 2.54. The Morgan fingerprint density at radius 2 is 1.34 bits per heavy atom. The highest BCUT2D eigenvalue weighted by molar-refractivity contribution is 5.85. The maximum absolute atomic E-state index is 12.0. The molecule has 7 heteroatoms. The molecule has 0 aliphatic carbocycles. The lowest BCUT2D eigenvalue weighted by atomic mass is 9.96. The Labute approximate surface area is 176 Å². The van der Waals surface area contributed by atoms with Gasteiger partial charge in [-0.1, -0.05) is 13.8 Å². The molecule has 0 saturated carbocycles. The molecule has 2 atom stereocenters. The third kappa shape index (κ3) is 14.0. The van der Waals surface area contributed by atoms with Gasteiger partial charge in [0.2, 0.25) is 0 Å². The summed E-state index contributed by atoms with van der Waals surface area (Å²) < 4.78 is 16.1. The van der Waals surface area contributed by atoms with Crippen molar-refractivity contribution >= 4 is 23.4 Å². The van der Waals surface area contributed by atoms with Crippen molar-refractivity contribution in [1.29, 1.82) is 5.41 Å². The van der Waals surface area contributed by atoms with Crippen molar-refractivity contribution in [3.05, 3.63) is 0 Å². The number of hydrogen-bond acceptors (Lipinski definition) is 7. The standard InChI is InChI=1S/C22H40N2O5/c1-8-22(7,9-2)24-17(4)11-13-21(26)28-15-19(6)29-18(5)14-27-20(25)12-10-16(3)23/h18-19,23H,8-15H2,1-7H3. The first kappa shape index (κ1) is 27.2. The molecule has 0 aliphatic heterocycles. The number of rotatable bonds is 15. The second-order valence-corrected chi connectivity index (χ2v) is 7.95. The zero-order valence-corrected chi connectivity index (χ0v) is 19.3. The molecule has 0 aromatic rings. The lowest BCUT2D eigenvalue weighted by Gasteiger charge is -2.22. The van der Waals surface area contributed by atoms with Crippen LogP contribution in [0.25, 0.3) is 0 Å². The number of aliphatic imine (C=N–C) groups is 1. The van der Waals surface area contributed by atoms with Crippen molar-refractivity contribution in [2.75, 3.05) is 13.2 Å². The molecule has 0 spiro atoms. The van der Waals surface area contributed by atoms with Crippen LogP contribution in [0.4, 0.5) is 0 Å². The summed E-state index contributed by atoms with van der Waals surface area (Å²) in [6, 6.07) is 0. The van der Waals surface area contributed by atoms with E-state index in [2.05, 4.69) is 20.8 Å². The van der Waals surface area contributed by atoms with Gasteiger partial charge in [-0.3, -0.25) is 14.6 Å². The SMILES string of the molecule is CCC(C)(CC)N=C(C)CCC(=O)OCC(C)OC(C)COC(=O)CCC(C)=N. The van der Waals surface area contributed by atoms with Crippen molar-refractivity contribution in [2.24, 2.45) is 4.99 Å². The summed E-state index contributed by atoms with van der Waals surface area (Å²) in [6.07, 6.45) is 2.83. The highest BCUT2D eigenvalue weighted by Crippen LogP contribution is 2.20. The van der Waals surface area contributed by atoms with Crippen LogP contribution in [0.1, 0.15) is 87.0 Å². The van der Waals surface area contributed by atoms with Crippen LogP contribution in [-0.4, -0.2) is 54.3 Å². The van der Waals surface area contributed by atoms with E-state index in [0.29, 0.717) is 25.0 Å². The molecule has 0 rings (SSSR count). The van der Waals surface area contributed by atoms with Gasteiger partial charge in [0.15, 0.2) is 0 Å². The van der Waals surface area contributed by atoms with Crippen molar-refractivity contribution in [3.8, 4) is 0 Å². The molecule has 1 N–H and O–H groups in total. The minimum Gasteiger partial charge on any atom is -0.463 e. The van der Waals surface area contributed by atoms with E-state index in [4.69, 9.17) is 24.6 Å². The van der Waals surface area contributed by atoms with Gasteiger partial charge in [-0.15, -0.1) is 0 Å². The third-order valence-electron chi connectivity index (χ3n) is 4.80. The van der Waals surface area contributed by atoms with Crippen molar-refractivity contribution < 1.29 is 23.8 Å². The Morgan fingerprint density at radius 1 is 0.897 bits per heavy atom. The van der Waals surface area contributed by atoms with Gasteiger partial charge in [-0.2, -0.15) is 0 Å². The van der Waals surface area contributed by atoms with Crippen molar-refractivity contribution in [3.63, 3.8) is 0 Å². The highest BCUT2D eigenvalue weighted by Gasteiger charge is 2.18. The average Bonchev–Trinajstić information content (AvgIpc) is 2.67. The molecule has 2 unspecified atom stereocenters. The van der Waals surface area contributed by atoms with Gasteiger partial charge in [0.05, 0.1) is 30.6 Å². The molecule has 0 bridgehead atoms. The Morgan fingerprint density at radius 3 is 1.76 bits per heavy atom. The molecular weight excluding hydrogens is 372 g/mol. The van der Waals surface area contributed by atoms with E-state index in [1.165, 1.54) is 0 Å². The molecule has 0 amide bonds. The molecule has 0 heterocycles. The van der Waals surface area contributed by atoms with Crippen LogP contribution in [-0.2, 0) is 23.8 Å². The van der Waals surface area contributed by atoms with E-state index in [1.54, 1.807) is 13.8 Å². The first-order valence-corrected chi connectivity index (χ1v) is 10.6. The summed E-state index contributed by atoms with van der Waals surface area (Å²) in [5, 5.41) is 7.31. The lowest BCUT2D eigenvalue weighted by Crippen LogP contribution is -2.27. The zero-order valence-electron chi connectivity index (χ0n) is 19.3. The Bertz CT molecular complexity index is 555. The molecule has 0 saturated heterocycles. The molecule has 0 radical (unpaired) electrons. The van der Waals surface area contributed by atoms with E-state index >= 15 is 0 Å². The number of esters is 2. The Hall–Kier alpha value is -1.76. The molecular formula is C22H40N2O5. The van der Waals surface area contributed by atoms with E-state index in [0.717, 1.165) is 18.6 Å². The van der Waals surface area contributed by atoms with Crippen molar-refractivity contribution in [1.82, 2.24) is 0 Å². The topological polar surface area (TPSA) is 98.0 Å². The molecule has 168 valence electrons. The smallest absolute Gasteiger partial charge is 0.306 e. The average molecular weight is 413 g/mol. The van der Waals surface area contributed by atoms with Crippen LogP contribution in [0.2, 0.25) is 0 Å². The Kier molecular flexibility index (Phi) is 13.4. The number of hydrogen-bond donors (Lipinski definition) is 1. The van der Waals surface area contributed by atoms with Crippen molar-refractivity contribution in [2.45, 2.75) is 105 Å². The Balaban J connectivity index is 4.10. The number of nitrogens with one attached hydrogen (secondary N) is 1. The number of carbonyl (C=O) groups is 2. The molecule has 7 nitrogen and oxygen atoms in total. The second kappa shape index (κ2) is 14.3. The second-order valence-electron chi connectivity index (χ2n) is 7.95. The summed E-state index contributed by atoms with van der Waals surface area (Å²) in [7, 11) is 0. The monoisotopic (exact) mass is 412 g/mol. The summed E-state index contributed by atoms with van der Waals surface area (Å²) in [5.74, 6) is -0.615. The van der Waals surface area contributed by atoms with E-state index in [1.807, 2.05) is 13.8 Å². The maximum atomic E-state index is 12.0. The van der Waals surface area contributed by atoms with Crippen LogP contribution in [0, 0.1) is 5.41 Å². The minimum absolute atomic E-state index is 0.0613. The zero-order chi connectivity index (χ0) is 22.4. The van der Waals surface area contributed by atoms with E-state index in [9.17, 15) is 9.59 Å². The number of ether oxygens (including phenoxy) is 3. The number of carbonyl (C=O) groups excluding carboxylic acids is 2. The van der Waals surface area contributed by atoms with Crippen LogP contribution in [0.3, 0.4) is 0 Å². The van der Waals surface area contributed by atoms with Gasteiger partial charge in [-0.25, -0.2) is 0 Å². The van der Waals surface area contributed by atoms with Gasteiger partial charge >= 0.3 is 11.9 Å². The van der Waals surface area contributed by atoms with Gasteiger partial charge in [0.1, 0.15) is 13.2 Å². The third-order valence-corrected chi connectivity index (χ3v) is 4.80. The van der Waals surface area contributed by atoms with Gasteiger partial charge in [0.25, 0.3) is 0 Å². The van der Waals surface area contributed by atoms with Gasteiger partial charge in [0, 0.05) is 11.4 Å². The van der Waals surface area contributed by atoms with Crippen LogP contribution >= 0.6 is 0 Å². The summed E-state index contributed by atoms with van der Waals surface area (Å²) in [6.45, 7) is 13.9. The normalized spacial score (nSPS) is 14.2. The van der Waals surface area contributed by atoms with Gasteiger partial charge < -0.3 is 19.6 Å².